The number of pyridine rings is 1. The Hall–Kier alpha value is -0.920. The van der Waals surface area contributed by atoms with Gasteiger partial charge in [0.2, 0.25) is 5.88 Å². The summed E-state index contributed by atoms with van der Waals surface area (Å²) in [5.41, 5.74) is -1.35. The Kier molecular flexibility index (Phi) is 3.48. The van der Waals surface area contributed by atoms with Crippen LogP contribution in [-0.2, 0) is 6.18 Å². The molecule has 0 spiro atoms. The second-order valence-electron chi connectivity index (χ2n) is 2.38. The molecule has 2 nitrogen and oxygen atoms in total. The highest BCUT2D eigenvalue weighted by atomic mass is 79.9. The van der Waals surface area contributed by atoms with Gasteiger partial charge in [0, 0.05) is 10.7 Å². The van der Waals surface area contributed by atoms with Crippen LogP contribution in [0.1, 0.15) is 5.56 Å². The zero-order valence-corrected chi connectivity index (χ0v) is 8.44. The van der Waals surface area contributed by atoms with Gasteiger partial charge in [0.25, 0.3) is 0 Å². The van der Waals surface area contributed by atoms with Gasteiger partial charge in [0.05, 0.1) is 0 Å². The minimum absolute atomic E-state index is 0.0245. The first-order valence-corrected chi connectivity index (χ1v) is 4.27. The molecule has 84 valence electrons. The highest BCUT2D eigenvalue weighted by molar-refractivity contribution is 9.10. The van der Waals surface area contributed by atoms with E-state index in [2.05, 4.69) is 25.7 Å². The largest absolute Gasteiger partial charge is 0.421 e. The molecule has 1 heterocycles. The molecule has 0 unspecified atom stereocenters. The number of rotatable bonds is 2. The van der Waals surface area contributed by atoms with E-state index in [1.165, 1.54) is 0 Å². The van der Waals surface area contributed by atoms with Gasteiger partial charge in [-0.1, -0.05) is 0 Å². The van der Waals surface area contributed by atoms with Gasteiger partial charge in [-0.2, -0.15) is 22.0 Å². The molecular weight excluding hydrogens is 289 g/mol. The molecule has 0 aliphatic rings. The summed E-state index contributed by atoms with van der Waals surface area (Å²) < 4.78 is 64.0. The Morgan fingerprint density at radius 1 is 1.33 bits per heavy atom. The van der Waals surface area contributed by atoms with E-state index in [0.29, 0.717) is 6.07 Å². The number of hydrogen-bond donors (Lipinski definition) is 0. The molecule has 1 rings (SSSR count). The molecule has 0 N–H and O–H groups in total. The maximum Gasteiger partial charge on any atom is 0.421 e. The average molecular weight is 292 g/mol. The van der Waals surface area contributed by atoms with Crippen LogP contribution in [0.5, 0.6) is 5.88 Å². The first kappa shape index (κ1) is 12.2. The van der Waals surface area contributed by atoms with Crippen molar-refractivity contribution in [2.24, 2.45) is 0 Å². The van der Waals surface area contributed by atoms with Crippen molar-refractivity contribution in [1.29, 1.82) is 0 Å². The zero-order valence-electron chi connectivity index (χ0n) is 6.86. The summed E-state index contributed by atoms with van der Waals surface area (Å²) in [6.45, 7) is -3.35. The van der Waals surface area contributed by atoms with Crippen molar-refractivity contribution < 1.29 is 26.7 Å². The van der Waals surface area contributed by atoms with Crippen molar-refractivity contribution in [3.05, 3.63) is 22.3 Å². The number of hydrogen-bond acceptors (Lipinski definition) is 2. The van der Waals surface area contributed by atoms with E-state index in [1.54, 1.807) is 0 Å². The van der Waals surface area contributed by atoms with E-state index in [4.69, 9.17) is 0 Å². The van der Waals surface area contributed by atoms with Gasteiger partial charge in [-0.25, -0.2) is 4.98 Å². The standard InChI is InChI=1S/C7H3BrF5NO/c8-3-1-4(7(11,12)13)5(14-2-3)15-6(9)10/h1-2,6H. The molecule has 0 aromatic carbocycles. The van der Waals surface area contributed by atoms with E-state index in [0.717, 1.165) is 6.20 Å². The Balaban J connectivity index is 3.15. The van der Waals surface area contributed by atoms with Gasteiger partial charge in [-0.05, 0) is 22.0 Å². The van der Waals surface area contributed by atoms with Gasteiger partial charge in [0.15, 0.2) is 0 Å². The summed E-state index contributed by atoms with van der Waals surface area (Å²) in [5, 5.41) is 0. The second kappa shape index (κ2) is 4.30. The van der Waals surface area contributed by atoms with Crippen molar-refractivity contribution in [2.45, 2.75) is 12.8 Å². The van der Waals surface area contributed by atoms with Gasteiger partial charge in [-0.15, -0.1) is 0 Å². The van der Waals surface area contributed by atoms with Crippen LogP contribution in [0.25, 0.3) is 0 Å². The van der Waals surface area contributed by atoms with Crippen LogP contribution in [0.2, 0.25) is 0 Å². The number of halogens is 6. The summed E-state index contributed by atoms with van der Waals surface area (Å²) in [7, 11) is 0. The van der Waals surface area contributed by atoms with E-state index >= 15 is 0 Å². The molecule has 0 atom stereocenters. The van der Waals surface area contributed by atoms with E-state index in [1.807, 2.05) is 0 Å². The zero-order chi connectivity index (χ0) is 11.6. The van der Waals surface area contributed by atoms with Crippen molar-refractivity contribution in [1.82, 2.24) is 4.98 Å². The maximum absolute atomic E-state index is 12.3. The Morgan fingerprint density at radius 3 is 2.40 bits per heavy atom. The molecule has 1 aromatic heterocycles. The third kappa shape index (κ3) is 3.29. The quantitative estimate of drug-likeness (QED) is 0.779. The van der Waals surface area contributed by atoms with Crippen LogP contribution in [0.3, 0.4) is 0 Å². The SMILES string of the molecule is FC(F)Oc1ncc(Br)cc1C(F)(F)F. The fourth-order valence-corrected chi connectivity index (χ4v) is 1.14. The van der Waals surface area contributed by atoms with Crippen molar-refractivity contribution in [3.63, 3.8) is 0 Å². The highest BCUT2D eigenvalue weighted by Gasteiger charge is 2.36. The number of aromatic nitrogens is 1. The van der Waals surface area contributed by atoms with Gasteiger partial charge in [0.1, 0.15) is 5.56 Å². The monoisotopic (exact) mass is 291 g/mol. The summed E-state index contributed by atoms with van der Waals surface area (Å²) in [6.07, 6.45) is -3.85. The number of alkyl halides is 5. The fourth-order valence-electron chi connectivity index (χ4n) is 0.808. The van der Waals surface area contributed by atoms with E-state index in [-0.39, 0.29) is 4.47 Å². The molecule has 15 heavy (non-hydrogen) atoms. The second-order valence-corrected chi connectivity index (χ2v) is 3.30. The van der Waals surface area contributed by atoms with Crippen molar-refractivity contribution in [3.8, 4) is 5.88 Å². The highest BCUT2D eigenvalue weighted by Crippen LogP contribution is 2.36. The van der Waals surface area contributed by atoms with Crippen LogP contribution < -0.4 is 4.74 Å². The van der Waals surface area contributed by atoms with Crippen LogP contribution in [-0.4, -0.2) is 11.6 Å². The lowest BCUT2D eigenvalue weighted by Gasteiger charge is -2.12. The predicted octanol–water partition coefficient (Wildman–Crippen LogP) is 3.46. The average Bonchev–Trinajstić information content (AvgIpc) is 2.05. The maximum atomic E-state index is 12.3. The van der Waals surface area contributed by atoms with Crippen molar-refractivity contribution in [2.75, 3.05) is 0 Å². The molecule has 0 saturated carbocycles. The van der Waals surface area contributed by atoms with Crippen LogP contribution in [0, 0.1) is 0 Å². The first-order valence-electron chi connectivity index (χ1n) is 3.48. The summed E-state index contributed by atoms with van der Waals surface area (Å²) in [6, 6.07) is 0.616. The Labute approximate surface area is 89.2 Å². The van der Waals surface area contributed by atoms with Crippen LogP contribution in [0.15, 0.2) is 16.7 Å². The summed E-state index contributed by atoms with van der Waals surface area (Å²) >= 11 is 2.75. The van der Waals surface area contributed by atoms with Crippen molar-refractivity contribution >= 4 is 15.9 Å². The molecule has 8 heteroatoms. The van der Waals surface area contributed by atoms with E-state index < -0.39 is 24.2 Å². The normalized spacial score (nSPS) is 11.9. The third-order valence-electron chi connectivity index (χ3n) is 1.32. The smallest absolute Gasteiger partial charge is 0.416 e. The molecule has 0 fully saturated rings. The van der Waals surface area contributed by atoms with Gasteiger partial charge < -0.3 is 4.74 Å². The minimum atomic E-state index is -4.79. The first-order chi connectivity index (χ1) is 6.80. The third-order valence-corrected chi connectivity index (χ3v) is 1.76. The summed E-state index contributed by atoms with van der Waals surface area (Å²) in [4.78, 5) is 3.12. The lowest BCUT2D eigenvalue weighted by molar-refractivity contribution is -0.142. The number of nitrogens with zero attached hydrogens (tertiary/aromatic N) is 1. The Bertz CT molecular complexity index is 354. The molecule has 0 aliphatic heterocycles. The lowest BCUT2D eigenvalue weighted by atomic mass is 10.2. The van der Waals surface area contributed by atoms with Gasteiger partial charge >= 0.3 is 12.8 Å². The molecular formula is C7H3BrF5NO. The van der Waals surface area contributed by atoms with Crippen LogP contribution in [0.4, 0.5) is 22.0 Å². The van der Waals surface area contributed by atoms with E-state index in [9.17, 15) is 22.0 Å². The fraction of sp³-hybridized carbons (Fsp3) is 0.286. The number of ether oxygens (including phenoxy) is 1. The molecule has 0 radical (unpaired) electrons. The van der Waals surface area contributed by atoms with Gasteiger partial charge in [-0.3, -0.25) is 0 Å². The lowest BCUT2D eigenvalue weighted by Crippen LogP contribution is -2.12. The molecule has 0 saturated heterocycles. The molecule has 1 aromatic rings. The minimum Gasteiger partial charge on any atom is -0.416 e. The molecule has 0 aliphatic carbocycles. The molecule has 0 amide bonds. The topological polar surface area (TPSA) is 22.1 Å². The molecule has 0 bridgehead atoms. The predicted molar refractivity (Wildman–Crippen MR) is 43.6 cm³/mol. The summed E-state index contributed by atoms with van der Waals surface area (Å²) in [5.74, 6) is -1.14. The Morgan fingerprint density at radius 2 is 1.93 bits per heavy atom. The van der Waals surface area contributed by atoms with Crippen LogP contribution >= 0.6 is 15.9 Å².